The van der Waals surface area contributed by atoms with Gasteiger partial charge in [-0.15, -0.1) is 0 Å². The fraction of sp³-hybridized carbons (Fsp3) is 0.750. The second-order valence-corrected chi connectivity index (χ2v) is 4.87. The van der Waals surface area contributed by atoms with Gasteiger partial charge in [0.15, 0.2) is 0 Å². The highest BCUT2D eigenvalue weighted by atomic mass is 33.1. The fourth-order valence-corrected chi connectivity index (χ4v) is 1.77. The summed E-state index contributed by atoms with van der Waals surface area (Å²) in [6, 6.07) is 0. The topological polar surface area (TPSA) is 0 Å². The van der Waals surface area contributed by atoms with E-state index in [-0.39, 0.29) is 0 Å². The molecule has 0 unspecified atom stereocenters. The van der Waals surface area contributed by atoms with E-state index in [1.165, 1.54) is 12.2 Å². The Kier molecular flexibility index (Phi) is 7.88. The molecule has 10 heavy (non-hydrogen) atoms. The van der Waals surface area contributed by atoms with E-state index in [9.17, 15) is 0 Å². The van der Waals surface area contributed by atoms with Crippen LogP contribution in [0.3, 0.4) is 0 Å². The Labute approximate surface area is 72.3 Å². The van der Waals surface area contributed by atoms with Gasteiger partial charge in [-0.05, 0) is 11.3 Å². The predicted molar refractivity (Wildman–Crippen MR) is 54.3 cm³/mol. The lowest BCUT2D eigenvalue weighted by Crippen LogP contribution is -1.77. The normalized spacial score (nSPS) is 15.2. The van der Waals surface area contributed by atoms with Crippen molar-refractivity contribution in [3.8, 4) is 0 Å². The molecule has 0 saturated carbocycles. The van der Waals surface area contributed by atoms with E-state index in [4.69, 9.17) is 0 Å². The maximum Gasteiger partial charge on any atom is 0.0229 e. The first-order valence-corrected chi connectivity index (χ1v) is 6.08. The van der Waals surface area contributed by atoms with E-state index in [2.05, 4.69) is 32.3 Å². The van der Waals surface area contributed by atoms with Crippen LogP contribution in [0.25, 0.3) is 0 Å². The monoisotopic (exact) mass is 176 g/mol. The van der Waals surface area contributed by atoms with E-state index >= 15 is 0 Å². The summed E-state index contributed by atoms with van der Waals surface area (Å²) in [6.07, 6.45) is 3.47. The summed E-state index contributed by atoms with van der Waals surface area (Å²) in [4.78, 5) is 0. The Morgan fingerprint density at radius 2 is 2.10 bits per heavy atom. The average molecular weight is 176 g/mol. The van der Waals surface area contributed by atoms with Crippen molar-refractivity contribution in [3.05, 3.63) is 11.5 Å². The van der Waals surface area contributed by atoms with Crippen LogP contribution in [0, 0.1) is 5.92 Å². The minimum absolute atomic E-state index is 0.884. The van der Waals surface area contributed by atoms with E-state index < -0.39 is 0 Å². The molecule has 0 spiro atoms. The third kappa shape index (κ3) is 8.44. The summed E-state index contributed by atoms with van der Waals surface area (Å²) in [6.45, 7) is 6.64. The highest BCUT2D eigenvalue weighted by molar-refractivity contribution is 8.78. The summed E-state index contributed by atoms with van der Waals surface area (Å²) in [7, 11) is 3.69. The third-order valence-corrected chi connectivity index (χ3v) is 3.12. The van der Waals surface area contributed by atoms with Gasteiger partial charge in [-0.2, -0.15) is 0 Å². The first kappa shape index (κ1) is 10.4. The Hall–Kier alpha value is 0.440. The molecule has 60 valence electrons. The van der Waals surface area contributed by atoms with Crippen LogP contribution >= 0.6 is 21.6 Å². The molecule has 1 rings (SSSR count). The molecule has 0 aromatic rings. The van der Waals surface area contributed by atoms with E-state index in [0.717, 1.165) is 5.92 Å². The van der Waals surface area contributed by atoms with Crippen LogP contribution < -0.4 is 0 Å². The van der Waals surface area contributed by atoms with Crippen LogP contribution in [0.2, 0.25) is 0 Å². The minimum Gasteiger partial charge on any atom is -0.0854 e. The maximum atomic E-state index is 2.22. The zero-order valence-corrected chi connectivity index (χ0v) is 8.60. The molecule has 0 aromatic heterocycles. The Balaban J connectivity index is 0.000000162. The minimum atomic E-state index is 0.884. The largest absolute Gasteiger partial charge is 0.0854 e. The molecule has 0 amide bonds. The van der Waals surface area contributed by atoms with Crippen LogP contribution in [-0.4, -0.2) is 5.75 Å². The fourth-order valence-electron chi connectivity index (χ4n) is 0.196. The van der Waals surface area contributed by atoms with Crippen LogP contribution in [0.15, 0.2) is 11.5 Å². The molecule has 0 aliphatic carbocycles. The van der Waals surface area contributed by atoms with Crippen LogP contribution in [0.4, 0.5) is 0 Å². The molecular weight excluding hydrogens is 160 g/mol. The number of hydrogen-bond acceptors (Lipinski definition) is 2. The molecule has 0 nitrogen and oxygen atoms in total. The Bertz CT molecular complexity index is 81.3. The molecule has 0 radical (unpaired) electrons. The summed E-state index contributed by atoms with van der Waals surface area (Å²) in [5.74, 6) is 2.08. The van der Waals surface area contributed by atoms with E-state index in [0.29, 0.717) is 0 Å². The highest BCUT2D eigenvalue weighted by Crippen LogP contribution is 2.27. The van der Waals surface area contributed by atoms with Crippen molar-refractivity contribution in [1.29, 1.82) is 0 Å². The zero-order chi connectivity index (χ0) is 7.82. The first-order chi connectivity index (χ1) is 4.77. The van der Waals surface area contributed by atoms with Gasteiger partial charge in [0.1, 0.15) is 0 Å². The van der Waals surface area contributed by atoms with Crippen molar-refractivity contribution in [2.45, 2.75) is 27.2 Å². The van der Waals surface area contributed by atoms with Crippen molar-refractivity contribution in [3.63, 3.8) is 0 Å². The van der Waals surface area contributed by atoms with Gasteiger partial charge in [0.25, 0.3) is 0 Å². The molecule has 2 heteroatoms. The number of rotatable bonds is 1. The molecule has 0 N–H and O–H groups in total. The molecule has 1 aliphatic rings. The third-order valence-electron chi connectivity index (χ3n) is 1.20. The van der Waals surface area contributed by atoms with Gasteiger partial charge in [0, 0.05) is 5.75 Å². The first-order valence-electron chi connectivity index (χ1n) is 3.70. The lowest BCUT2D eigenvalue weighted by molar-refractivity contribution is 0.626. The van der Waals surface area contributed by atoms with Crippen LogP contribution in [0.1, 0.15) is 27.2 Å². The second-order valence-electron chi connectivity index (χ2n) is 2.55. The average Bonchev–Trinajstić information content (AvgIpc) is 2.43. The second kappa shape index (κ2) is 7.55. The summed E-state index contributed by atoms with van der Waals surface area (Å²) in [5, 5.41) is 2.12. The van der Waals surface area contributed by atoms with Crippen LogP contribution in [-0.2, 0) is 0 Å². The lowest BCUT2D eigenvalue weighted by Gasteiger charge is -1.90. The van der Waals surface area contributed by atoms with Gasteiger partial charge in [-0.3, -0.25) is 0 Å². The van der Waals surface area contributed by atoms with Crippen molar-refractivity contribution in [2.75, 3.05) is 5.75 Å². The van der Waals surface area contributed by atoms with Gasteiger partial charge < -0.3 is 0 Å². The molecular formula is C8H16S2. The predicted octanol–water partition coefficient (Wildman–Crippen LogP) is 3.95. The highest BCUT2D eigenvalue weighted by Gasteiger charge is 1.85. The van der Waals surface area contributed by atoms with Gasteiger partial charge >= 0.3 is 0 Å². The van der Waals surface area contributed by atoms with Crippen LogP contribution in [0.5, 0.6) is 0 Å². The smallest absolute Gasteiger partial charge is 0.0229 e. The van der Waals surface area contributed by atoms with Crippen molar-refractivity contribution < 1.29 is 0 Å². The molecule has 0 aromatic carbocycles. The van der Waals surface area contributed by atoms with Gasteiger partial charge in [-0.1, -0.05) is 54.9 Å². The maximum absolute atomic E-state index is 2.22. The molecule has 1 heterocycles. The van der Waals surface area contributed by atoms with E-state index in [1.807, 2.05) is 21.6 Å². The van der Waals surface area contributed by atoms with E-state index in [1.54, 1.807) is 0 Å². The number of hydrogen-bond donors (Lipinski definition) is 0. The van der Waals surface area contributed by atoms with Gasteiger partial charge in [0.2, 0.25) is 0 Å². The zero-order valence-electron chi connectivity index (χ0n) is 6.96. The Morgan fingerprint density at radius 3 is 2.20 bits per heavy atom. The molecule has 0 saturated heterocycles. The summed E-state index contributed by atoms with van der Waals surface area (Å²) >= 11 is 0. The SMILES string of the molecule is C1=CSSC1.CCC(C)C. The quantitative estimate of drug-likeness (QED) is 0.555. The van der Waals surface area contributed by atoms with Crippen molar-refractivity contribution in [2.24, 2.45) is 5.92 Å². The summed E-state index contributed by atoms with van der Waals surface area (Å²) in [5.41, 5.74) is 0. The lowest BCUT2D eigenvalue weighted by atomic mass is 10.2. The molecule has 0 bridgehead atoms. The van der Waals surface area contributed by atoms with Gasteiger partial charge in [0.05, 0.1) is 0 Å². The molecule has 1 aliphatic heterocycles. The Morgan fingerprint density at radius 1 is 1.50 bits per heavy atom. The standard InChI is InChI=1S/C5H12.C3H4S2/c1-4-5(2)3;1-2-4-5-3-1/h5H,4H2,1-3H3;1-2H,3H2. The summed E-state index contributed by atoms with van der Waals surface area (Å²) < 4.78 is 0. The van der Waals surface area contributed by atoms with Gasteiger partial charge in [-0.25, -0.2) is 0 Å². The van der Waals surface area contributed by atoms with Crippen molar-refractivity contribution in [1.82, 2.24) is 0 Å². The molecule has 0 atom stereocenters. The molecule has 0 fully saturated rings. The van der Waals surface area contributed by atoms with Crippen molar-refractivity contribution >= 4 is 21.6 Å².